The largest absolute Gasteiger partial charge is 0.488 e. The summed E-state index contributed by atoms with van der Waals surface area (Å²) in [6, 6.07) is 22.3. The van der Waals surface area contributed by atoms with Crippen LogP contribution in [0.2, 0.25) is 5.02 Å². The first-order valence-corrected chi connectivity index (χ1v) is 13.3. The monoisotopic (exact) mass is 612 g/mol. The second-order valence-corrected chi connectivity index (χ2v) is 9.75. The quantitative estimate of drug-likeness (QED) is 0.202. The van der Waals surface area contributed by atoms with E-state index in [9.17, 15) is 9.90 Å². The summed E-state index contributed by atoms with van der Waals surface area (Å²) >= 11 is 10.3. The van der Waals surface area contributed by atoms with Crippen molar-refractivity contribution in [3.8, 4) is 22.6 Å². The average molecular weight is 614 g/mol. The molecule has 0 fully saturated rings. The van der Waals surface area contributed by atoms with Crippen molar-refractivity contribution in [1.82, 2.24) is 10.3 Å². The number of aliphatic hydroxyl groups is 1. The number of hydrogen-bond acceptors (Lipinski definition) is 7. The molecule has 3 aromatic carbocycles. The van der Waals surface area contributed by atoms with E-state index in [1.807, 2.05) is 48.5 Å². The summed E-state index contributed by atoms with van der Waals surface area (Å²) in [5, 5.41) is 12.9. The minimum Gasteiger partial charge on any atom is -0.488 e. The Labute approximate surface area is 239 Å². The van der Waals surface area contributed by atoms with Gasteiger partial charge in [-0.3, -0.25) is 15.1 Å². The predicted molar refractivity (Wildman–Crippen MR) is 151 cm³/mol. The molecule has 0 aliphatic heterocycles. The third-order valence-electron chi connectivity index (χ3n) is 5.93. The van der Waals surface area contributed by atoms with Crippen LogP contribution < -0.4 is 20.7 Å². The maximum absolute atomic E-state index is 11.8. The van der Waals surface area contributed by atoms with Crippen LogP contribution in [0.25, 0.3) is 11.1 Å². The zero-order valence-electron chi connectivity index (χ0n) is 21.0. The van der Waals surface area contributed by atoms with Crippen LogP contribution in [0.5, 0.6) is 11.5 Å². The van der Waals surface area contributed by atoms with Gasteiger partial charge in [0, 0.05) is 46.2 Å². The molecule has 1 aromatic heterocycles. The standard InChI is InChI=1S/C29H28BrClN3O5/c30-28-21(9-4-10-23(28)20-7-2-1-3-8-20)18-38-27-13-26(37-17-19-6-5-11-33-14-19)22(12-24(27)31)15-34-25(16-35)29(36)39-32/h1-14,25,34-35H,15-18H2,32H3/q+1. The smallest absolute Gasteiger partial charge is 0.385 e. The number of carbonyl (C=O) groups excluding carboxylic acids is 1. The Morgan fingerprint density at radius 3 is 2.51 bits per heavy atom. The van der Waals surface area contributed by atoms with Crippen LogP contribution in [0, 0.1) is 0 Å². The molecule has 202 valence electrons. The molecule has 1 heterocycles. The van der Waals surface area contributed by atoms with Crippen molar-refractivity contribution in [2.24, 2.45) is 0 Å². The highest BCUT2D eigenvalue weighted by atomic mass is 79.9. The van der Waals surface area contributed by atoms with Gasteiger partial charge in [-0.2, -0.15) is 5.90 Å². The highest BCUT2D eigenvalue weighted by molar-refractivity contribution is 9.10. The number of hydrogen-bond donors (Lipinski definition) is 3. The highest BCUT2D eigenvalue weighted by Crippen LogP contribution is 2.36. The highest BCUT2D eigenvalue weighted by Gasteiger charge is 2.21. The number of nitrogens with zero attached hydrogens (tertiary/aromatic N) is 1. The number of quaternary nitrogens is 1. The second kappa shape index (κ2) is 14.1. The van der Waals surface area contributed by atoms with Crippen molar-refractivity contribution in [1.29, 1.82) is 0 Å². The van der Waals surface area contributed by atoms with Crippen molar-refractivity contribution < 1.29 is 30.1 Å². The van der Waals surface area contributed by atoms with Gasteiger partial charge in [0.05, 0.1) is 11.6 Å². The summed E-state index contributed by atoms with van der Waals surface area (Å²) in [5.74, 6) is 3.38. The molecule has 0 saturated heterocycles. The topological polar surface area (TPSA) is 118 Å². The summed E-state index contributed by atoms with van der Waals surface area (Å²) in [6.45, 7) is 0.249. The molecule has 1 unspecified atom stereocenters. The van der Waals surface area contributed by atoms with E-state index >= 15 is 0 Å². The number of pyridine rings is 1. The van der Waals surface area contributed by atoms with Crippen LogP contribution >= 0.6 is 27.5 Å². The number of halogens is 2. The summed E-state index contributed by atoms with van der Waals surface area (Å²) in [6.07, 6.45) is 3.41. The molecule has 0 amide bonds. The molecule has 10 heteroatoms. The molecular weight excluding hydrogens is 586 g/mol. The van der Waals surface area contributed by atoms with Crippen molar-refractivity contribution in [2.75, 3.05) is 6.61 Å². The Bertz CT molecular complexity index is 1390. The molecular formula is C29H28BrClN3O5+. The maximum Gasteiger partial charge on any atom is 0.385 e. The van der Waals surface area contributed by atoms with Crippen molar-refractivity contribution >= 4 is 33.5 Å². The number of nitrogens with one attached hydrogen (secondary N) is 1. The lowest BCUT2D eigenvalue weighted by Crippen LogP contribution is -2.56. The number of rotatable bonds is 12. The first kappa shape index (κ1) is 28.5. The average Bonchev–Trinajstić information content (AvgIpc) is 2.97. The lowest BCUT2D eigenvalue weighted by atomic mass is 10.0. The molecule has 1 atom stereocenters. The Morgan fingerprint density at radius 2 is 1.79 bits per heavy atom. The first-order chi connectivity index (χ1) is 19.0. The van der Waals surface area contributed by atoms with Gasteiger partial charge in [0.25, 0.3) is 0 Å². The van der Waals surface area contributed by atoms with E-state index in [0.29, 0.717) is 22.1 Å². The van der Waals surface area contributed by atoms with E-state index in [2.05, 4.69) is 49.1 Å². The van der Waals surface area contributed by atoms with Gasteiger partial charge in [-0.25, -0.2) is 4.79 Å². The van der Waals surface area contributed by atoms with Crippen LogP contribution in [0.3, 0.4) is 0 Å². The third kappa shape index (κ3) is 7.56. The lowest BCUT2D eigenvalue weighted by molar-refractivity contribution is -0.657. The first-order valence-electron chi connectivity index (χ1n) is 12.1. The number of benzene rings is 3. The molecule has 4 rings (SSSR count). The van der Waals surface area contributed by atoms with E-state index in [4.69, 9.17) is 21.1 Å². The van der Waals surface area contributed by atoms with Gasteiger partial charge in [-0.1, -0.05) is 66.2 Å². The Hall–Kier alpha value is -3.47. The number of aliphatic hydroxyl groups excluding tert-OH is 1. The summed E-state index contributed by atoms with van der Waals surface area (Å²) in [4.78, 5) is 20.5. The summed E-state index contributed by atoms with van der Waals surface area (Å²) < 4.78 is 13.2. The van der Waals surface area contributed by atoms with Crippen LogP contribution in [0.15, 0.2) is 89.7 Å². The van der Waals surface area contributed by atoms with Crippen LogP contribution in [-0.4, -0.2) is 28.7 Å². The van der Waals surface area contributed by atoms with Gasteiger partial charge >= 0.3 is 5.97 Å². The van der Waals surface area contributed by atoms with Gasteiger partial charge in [-0.15, -0.1) is 0 Å². The zero-order valence-corrected chi connectivity index (χ0v) is 23.3. The van der Waals surface area contributed by atoms with E-state index in [1.165, 1.54) is 0 Å². The van der Waals surface area contributed by atoms with Crippen LogP contribution in [-0.2, 0) is 29.4 Å². The molecule has 5 N–H and O–H groups in total. The van der Waals surface area contributed by atoms with Gasteiger partial charge in [0.2, 0.25) is 0 Å². The van der Waals surface area contributed by atoms with Crippen molar-refractivity contribution in [3.63, 3.8) is 0 Å². The van der Waals surface area contributed by atoms with E-state index in [-0.39, 0.29) is 19.8 Å². The maximum atomic E-state index is 11.8. The molecule has 0 bridgehead atoms. The SMILES string of the molecule is [NH3+]OC(=O)C(CO)NCc1cc(Cl)c(OCc2cccc(-c3ccccc3)c2Br)cc1OCc1cccnc1. The van der Waals surface area contributed by atoms with Gasteiger partial charge < -0.3 is 14.6 Å². The fraction of sp³-hybridized carbons (Fsp3) is 0.172. The van der Waals surface area contributed by atoms with Crippen LogP contribution in [0.1, 0.15) is 16.7 Å². The van der Waals surface area contributed by atoms with Gasteiger partial charge in [0.15, 0.2) is 0 Å². The fourth-order valence-corrected chi connectivity index (χ4v) is 4.70. The van der Waals surface area contributed by atoms with Crippen molar-refractivity contribution in [2.45, 2.75) is 25.8 Å². The lowest BCUT2D eigenvalue weighted by Gasteiger charge is -2.18. The molecule has 0 saturated carbocycles. The molecule has 0 aliphatic rings. The minimum atomic E-state index is -0.947. The zero-order chi connectivity index (χ0) is 27.6. The Balaban J connectivity index is 1.56. The van der Waals surface area contributed by atoms with Crippen molar-refractivity contribution in [3.05, 3.63) is 111 Å². The number of aromatic nitrogens is 1. The molecule has 0 aliphatic carbocycles. The summed E-state index contributed by atoms with van der Waals surface area (Å²) in [5.41, 5.74) is 4.65. The molecule has 4 aromatic rings. The summed E-state index contributed by atoms with van der Waals surface area (Å²) in [7, 11) is 0. The molecule has 0 spiro atoms. The Kier molecular flexibility index (Phi) is 10.3. The molecule has 0 radical (unpaired) electrons. The Morgan fingerprint density at radius 1 is 1.00 bits per heavy atom. The number of ether oxygens (including phenoxy) is 2. The minimum absolute atomic E-state index is 0.174. The normalized spacial score (nSPS) is 11.6. The van der Waals surface area contributed by atoms with Crippen LogP contribution in [0.4, 0.5) is 0 Å². The van der Waals surface area contributed by atoms with E-state index in [0.717, 1.165) is 26.7 Å². The predicted octanol–water partition coefficient (Wildman–Crippen LogP) is 4.47. The number of carbonyl (C=O) groups is 1. The van der Waals surface area contributed by atoms with E-state index in [1.54, 1.807) is 24.5 Å². The van der Waals surface area contributed by atoms with Gasteiger partial charge in [0.1, 0.15) is 30.8 Å². The van der Waals surface area contributed by atoms with Gasteiger partial charge in [-0.05, 0) is 39.2 Å². The fourth-order valence-electron chi connectivity index (χ4n) is 3.85. The van der Waals surface area contributed by atoms with E-state index < -0.39 is 18.6 Å². The third-order valence-corrected chi connectivity index (χ3v) is 7.16. The molecule has 39 heavy (non-hydrogen) atoms. The molecule has 8 nitrogen and oxygen atoms in total. The second-order valence-electron chi connectivity index (χ2n) is 8.55.